The van der Waals surface area contributed by atoms with Crippen LogP contribution in [0.15, 0.2) is 0 Å². The van der Waals surface area contributed by atoms with Crippen molar-refractivity contribution in [1.29, 1.82) is 0 Å². The van der Waals surface area contributed by atoms with Crippen LogP contribution in [0.5, 0.6) is 0 Å². The molecule has 0 atom stereocenters. The van der Waals surface area contributed by atoms with Crippen LogP contribution in [0.4, 0.5) is 27.6 Å². The number of hydrogen-bond donors (Lipinski definition) is 2. The molecule has 0 fully saturated rings. The molecule has 0 aliphatic heterocycles. The average Bonchev–Trinajstić information content (AvgIpc) is 2.39. The number of benzene rings is 1. The highest BCUT2D eigenvalue weighted by molar-refractivity contribution is 5.91. The number of nitrogens with one attached hydrogen (secondary N) is 2. The summed E-state index contributed by atoms with van der Waals surface area (Å²) in [6.07, 6.45) is 0.248. The highest BCUT2D eigenvalue weighted by atomic mass is 19.2. The molecule has 0 aliphatic rings. The average molecular weight is 282 g/mol. The van der Waals surface area contributed by atoms with Gasteiger partial charge >= 0.3 is 0 Å². The van der Waals surface area contributed by atoms with Crippen molar-refractivity contribution in [3.8, 4) is 0 Å². The third kappa shape index (κ3) is 3.40. The van der Waals surface area contributed by atoms with Gasteiger partial charge in [0.2, 0.25) is 11.7 Å². The SMILES string of the molecule is CNCCCC(=O)Nc1c(F)c(F)c(F)c(F)c1F. The van der Waals surface area contributed by atoms with Crippen molar-refractivity contribution in [2.45, 2.75) is 12.8 Å². The van der Waals surface area contributed by atoms with Crippen molar-refractivity contribution in [3.05, 3.63) is 29.1 Å². The minimum atomic E-state index is -2.26. The zero-order valence-electron chi connectivity index (χ0n) is 9.92. The molecule has 0 saturated heterocycles. The van der Waals surface area contributed by atoms with Crippen LogP contribution in [0.3, 0.4) is 0 Å². The van der Waals surface area contributed by atoms with E-state index in [4.69, 9.17) is 0 Å². The normalized spacial score (nSPS) is 10.6. The smallest absolute Gasteiger partial charge is 0.224 e. The van der Waals surface area contributed by atoms with Gasteiger partial charge in [-0.05, 0) is 20.0 Å². The zero-order chi connectivity index (χ0) is 14.6. The molecule has 0 saturated carbocycles. The van der Waals surface area contributed by atoms with E-state index in [2.05, 4.69) is 5.32 Å². The van der Waals surface area contributed by atoms with Crippen LogP contribution in [0.1, 0.15) is 12.8 Å². The highest BCUT2D eigenvalue weighted by Crippen LogP contribution is 2.27. The standard InChI is InChI=1S/C11H11F5N2O/c1-17-4-2-3-5(19)18-11-9(15)7(13)6(12)8(14)10(11)16/h17H,2-4H2,1H3,(H,18,19). The Morgan fingerprint density at radius 1 is 0.947 bits per heavy atom. The number of halogens is 5. The highest BCUT2D eigenvalue weighted by Gasteiger charge is 2.26. The maximum absolute atomic E-state index is 13.2. The molecule has 0 radical (unpaired) electrons. The lowest BCUT2D eigenvalue weighted by molar-refractivity contribution is -0.116. The molecule has 2 N–H and O–H groups in total. The lowest BCUT2D eigenvalue weighted by Crippen LogP contribution is -2.18. The molecule has 0 unspecified atom stereocenters. The number of carbonyl (C=O) groups excluding carboxylic acids is 1. The number of anilines is 1. The molecule has 1 aromatic carbocycles. The van der Waals surface area contributed by atoms with Crippen LogP contribution in [-0.4, -0.2) is 19.5 Å². The quantitative estimate of drug-likeness (QED) is 0.376. The molecule has 8 heteroatoms. The third-order valence-electron chi connectivity index (χ3n) is 2.30. The number of amides is 1. The molecule has 0 aliphatic carbocycles. The van der Waals surface area contributed by atoms with Gasteiger partial charge in [0.05, 0.1) is 0 Å². The summed E-state index contributed by atoms with van der Waals surface area (Å²) >= 11 is 0. The summed E-state index contributed by atoms with van der Waals surface area (Å²) in [7, 11) is 1.64. The molecule has 3 nitrogen and oxygen atoms in total. The number of carbonyl (C=O) groups is 1. The van der Waals surface area contributed by atoms with Crippen molar-refractivity contribution < 1.29 is 26.7 Å². The van der Waals surface area contributed by atoms with E-state index in [-0.39, 0.29) is 6.42 Å². The predicted octanol–water partition coefficient (Wildman–Crippen LogP) is 2.32. The van der Waals surface area contributed by atoms with Gasteiger partial charge in [-0.25, -0.2) is 22.0 Å². The molecule has 1 rings (SSSR count). The Balaban J connectivity index is 2.93. The molecular weight excluding hydrogens is 271 g/mol. The molecule has 0 heterocycles. The van der Waals surface area contributed by atoms with Gasteiger partial charge in [-0.2, -0.15) is 0 Å². The first-order valence-electron chi connectivity index (χ1n) is 5.36. The fourth-order valence-electron chi connectivity index (χ4n) is 1.34. The maximum atomic E-state index is 13.2. The van der Waals surface area contributed by atoms with E-state index in [9.17, 15) is 26.7 Å². The summed E-state index contributed by atoms with van der Waals surface area (Å²) in [4.78, 5) is 11.3. The second-order valence-electron chi connectivity index (χ2n) is 3.70. The Bertz CT molecular complexity index is 463. The fraction of sp³-hybridized carbons (Fsp3) is 0.364. The van der Waals surface area contributed by atoms with E-state index in [0.717, 1.165) is 0 Å². The topological polar surface area (TPSA) is 41.1 Å². The third-order valence-corrected chi connectivity index (χ3v) is 2.30. The molecule has 106 valence electrons. The molecule has 0 bridgehead atoms. The largest absolute Gasteiger partial charge is 0.321 e. The first-order chi connectivity index (χ1) is 8.90. The van der Waals surface area contributed by atoms with Gasteiger partial charge in [0.1, 0.15) is 5.69 Å². The Labute approximate surface area is 105 Å². The van der Waals surface area contributed by atoms with Gasteiger partial charge in [0, 0.05) is 6.42 Å². The Kier molecular flexibility index (Phi) is 5.22. The van der Waals surface area contributed by atoms with Gasteiger partial charge in [-0.3, -0.25) is 4.79 Å². The predicted molar refractivity (Wildman–Crippen MR) is 58.0 cm³/mol. The van der Waals surface area contributed by atoms with E-state index in [1.54, 1.807) is 12.4 Å². The van der Waals surface area contributed by atoms with Gasteiger partial charge in [0.25, 0.3) is 0 Å². The summed E-state index contributed by atoms with van der Waals surface area (Å²) in [6, 6.07) is 0. The van der Waals surface area contributed by atoms with E-state index in [1.807, 2.05) is 0 Å². The van der Waals surface area contributed by atoms with Crippen molar-refractivity contribution >= 4 is 11.6 Å². The molecular formula is C11H11F5N2O. The van der Waals surface area contributed by atoms with Crippen molar-refractivity contribution in [2.24, 2.45) is 0 Å². The van der Waals surface area contributed by atoms with E-state index >= 15 is 0 Å². The van der Waals surface area contributed by atoms with Crippen LogP contribution >= 0.6 is 0 Å². The molecule has 1 aromatic rings. The van der Waals surface area contributed by atoms with Crippen LogP contribution in [-0.2, 0) is 4.79 Å². The first kappa shape index (κ1) is 15.4. The summed E-state index contributed by atoms with van der Waals surface area (Å²) in [5.41, 5.74) is -1.33. The van der Waals surface area contributed by atoms with Gasteiger partial charge < -0.3 is 10.6 Å². The summed E-state index contributed by atoms with van der Waals surface area (Å²) < 4.78 is 64.8. The van der Waals surface area contributed by atoms with Crippen LogP contribution in [0.25, 0.3) is 0 Å². The molecule has 19 heavy (non-hydrogen) atoms. The first-order valence-corrected chi connectivity index (χ1v) is 5.36. The van der Waals surface area contributed by atoms with Crippen molar-refractivity contribution in [1.82, 2.24) is 5.32 Å². The van der Waals surface area contributed by atoms with Gasteiger partial charge in [0.15, 0.2) is 23.3 Å². The lowest BCUT2D eigenvalue weighted by Gasteiger charge is -2.09. The number of rotatable bonds is 5. The summed E-state index contributed by atoms with van der Waals surface area (Å²) in [5, 5.41) is 4.42. The second kappa shape index (κ2) is 6.46. The lowest BCUT2D eigenvalue weighted by atomic mass is 10.2. The van der Waals surface area contributed by atoms with Crippen LogP contribution < -0.4 is 10.6 Å². The zero-order valence-corrected chi connectivity index (χ0v) is 9.92. The Morgan fingerprint density at radius 3 is 1.89 bits per heavy atom. The van der Waals surface area contributed by atoms with Crippen LogP contribution in [0.2, 0.25) is 0 Å². The molecule has 1 amide bonds. The Hall–Kier alpha value is -1.70. The second-order valence-corrected chi connectivity index (χ2v) is 3.70. The summed E-state index contributed by atoms with van der Waals surface area (Å²) in [5.74, 6) is -11.4. The molecule has 0 aromatic heterocycles. The maximum Gasteiger partial charge on any atom is 0.224 e. The van der Waals surface area contributed by atoms with Crippen molar-refractivity contribution in [3.63, 3.8) is 0 Å². The van der Waals surface area contributed by atoms with E-state index in [0.29, 0.717) is 13.0 Å². The van der Waals surface area contributed by atoms with Gasteiger partial charge in [-0.15, -0.1) is 0 Å². The van der Waals surface area contributed by atoms with Gasteiger partial charge in [-0.1, -0.05) is 0 Å². The van der Waals surface area contributed by atoms with E-state index in [1.165, 1.54) is 0 Å². The monoisotopic (exact) mass is 282 g/mol. The summed E-state index contributed by atoms with van der Waals surface area (Å²) in [6.45, 7) is 0.477. The molecule has 0 spiro atoms. The number of hydrogen-bond acceptors (Lipinski definition) is 2. The van der Waals surface area contributed by atoms with Crippen LogP contribution in [0, 0.1) is 29.1 Å². The Morgan fingerprint density at radius 2 is 1.42 bits per heavy atom. The minimum Gasteiger partial charge on any atom is -0.321 e. The fourth-order valence-corrected chi connectivity index (χ4v) is 1.34. The minimum absolute atomic E-state index is 0.111. The van der Waals surface area contributed by atoms with E-state index < -0.39 is 40.7 Å². The van der Waals surface area contributed by atoms with Crippen molar-refractivity contribution in [2.75, 3.05) is 18.9 Å².